The Bertz CT molecular complexity index is 320. The van der Waals surface area contributed by atoms with Gasteiger partial charge in [0.05, 0.1) is 5.92 Å². The first-order chi connectivity index (χ1) is 8.79. The third kappa shape index (κ3) is 1.78. The van der Waals surface area contributed by atoms with Gasteiger partial charge in [0, 0.05) is 12.6 Å². The molecule has 4 aliphatic carbocycles. The number of rotatable bonds is 2. The molecule has 1 heterocycles. The van der Waals surface area contributed by atoms with E-state index in [4.69, 9.17) is 0 Å². The Labute approximate surface area is 109 Å². The van der Waals surface area contributed by atoms with Crippen LogP contribution in [-0.4, -0.2) is 25.0 Å². The summed E-state index contributed by atoms with van der Waals surface area (Å²) in [4.78, 5) is 12.3. The minimum absolute atomic E-state index is 0.238. The minimum atomic E-state index is 0.238. The number of hydrogen-bond acceptors (Lipinski definition) is 2. The van der Waals surface area contributed by atoms with Gasteiger partial charge < -0.3 is 10.6 Å². The Morgan fingerprint density at radius 3 is 2.22 bits per heavy atom. The van der Waals surface area contributed by atoms with Crippen LogP contribution in [0.3, 0.4) is 0 Å². The Morgan fingerprint density at radius 1 is 1.00 bits per heavy atom. The summed E-state index contributed by atoms with van der Waals surface area (Å²) in [6, 6.07) is 0.519. The first-order valence-electron chi connectivity index (χ1n) is 7.80. The first kappa shape index (κ1) is 11.3. The lowest BCUT2D eigenvalue weighted by Crippen LogP contribution is -2.56. The van der Waals surface area contributed by atoms with Crippen LogP contribution in [0.4, 0.5) is 0 Å². The molecule has 1 atom stereocenters. The van der Waals surface area contributed by atoms with E-state index >= 15 is 0 Å². The fourth-order valence-electron chi connectivity index (χ4n) is 5.32. The summed E-state index contributed by atoms with van der Waals surface area (Å²) in [5, 5.41) is 6.72. The first-order valence-corrected chi connectivity index (χ1v) is 7.80. The van der Waals surface area contributed by atoms with Crippen molar-refractivity contribution in [3.05, 3.63) is 0 Å². The van der Waals surface area contributed by atoms with Crippen LogP contribution in [0.1, 0.15) is 38.5 Å². The summed E-state index contributed by atoms with van der Waals surface area (Å²) in [5.41, 5.74) is 0. The molecular formula is C15H24N2O. The van der Waals surface area contributed by atoms with Gasteiger partial charge in [-0.2, -0.15) is 0 Å². The van der Waals surface area contributed by atoms with Gasteiger partial charge in [0.25, 0.3) is 0 Å². The van der Waals surface area contributed by atoms with Crippen molar-refractivity contribution in [2.24, 2.45) is 29.6 Å². The lowest BCUT2D eigenvalue weighted by Gasteiger charge is -2.54. The highest BCUT2D eigenvalue weighted by atomic mass is 16.2. The molecule has 0 spiro atoms. The van der Waals surface area contributed by atoms with Crippen molar-refractivity contribution in [2.75, 3.05) is 13.1 Å². The standard InChI is InChI=1S/C15H24N2O/c18-15(11-1-2-16-8-11)17-14-12-4-9-3-10(6-12)7-13(14)5-9/h9-14,16H,1-8H2,(H,17,18). The van der Waals surface area contributed by atoms with Crippen LogP contribution in [0.15, 0.2) is 0 Å². The number of hydrogen-bond donors (Lipinski definition) is 2. The molecule has 1 aliphatic heterocycles. The molecule has 0 aromatic rings. The zero-order valence-electron chi connectivity index (χ0n) is 11.0. The van der Waals surface area contributed by atoms with E-state index in [1.165, 1.54) is 32.1 Å². The molecule has 2 N–H and O–H groups in total. The van der Waals surface area contributed by atoms with Gasteiger partial charge in [-0.15, -0.1) is 0 Å². The molecule has 3 heteroatoms. The van der Waals surface area contributed by atoms with Crippen molar-refractivity contribution in [1.29, 1.82) is 0 Å². The van der Waals surface area contributed by atoms with E-state index in [0.717, 1.165) is 43.2 Å². The van der Waals surface area contributed by atoms with Crippen molar-refractivity contribution in [3.8, 4) is 0 Å². The van der Waals surface area contributed by atoms with Crippen molar-refractivity contribution in [1.82, 2.24) is 10.6 Å². The van der Waals surface area contributed by atoms with Gasteiger partial charge in [-0.25, -0.2) is 0 Å². The summed E-state index contributed by atoms with van der Waals surface area (Å²) >= 11 is 0. The van der Waals surface area contributed by atoms with E-state index in [1.807, 2.05) is 0 Å². The van der Waals surface area contributed by atoms with Gasteiger partial charge in [-0.05, 0) is 68.7 Å². The molecule has 0 aromatic carbocycles. The second-order valence-electron chi connectivity index (χ2n) is 7.15. The highest BCUT2D eigenvalue weighted by Gasteiger charge is 2.48. The van der Waals surface area contributed by atoms with E-state index in [9.17, 15) is 4.79 Å². The molecule has 0 aromatic heterocycles. The Hall–Kier alpha value is -0.570. The van der Waals surface area contributed by atoms with Crippen molar-refractivity contribution < 1.29 is 4.79 Å². The van der Waals surface area contributed by atoms with Crippen molar-refractivity contribution >= 4 is 5.91 Å². The molecule has 5 rings (SSSR count). The summed E-state index contributed by atoms with van der Waals surface area (Å²) in [7, 11) is 0. The highest BCUT2D eigenvalue weighted by Crippen LogP contribution is 2.53. The number of carbonyl (C=O) groups is 1. The average Bonchev–Trinajstić information content (AvgIpc) is 2.86. The quantitative estimate of drug-likeness (QED) is 0.778. The molecule has 5 aliphatic rings. The second-order valence-corrected chi connectivity index (χ2v) is 7.15. The molecule has 4 bridgehead atoms. The lowest BCUT2D eigenvalue weighted by atomic mass is 9.54. The van der Waals surface area contributed by atoms with Gasteiger partial charge in [0.1, 0.15) is 0 Å². The normalized spacial score (nSPS) is 49.6. The van der Waals surface area contributed by atoms with Gasteiger partial charge in [0.15, 0.2) is 0 Å². The highest BCUT2D eigenvalue weighted by molar-refractivity contribution is 5.79. The average molecular weight is 248 g/mol. The van der Waals surface area contributed by atoms with Crippen LogP contribution in [0.25, 0.3) is 0 Å². The van der Waals surface area contributed by atoms with E-state index in [2.05, 4.69) is 10.6 Å². The Balaban J connectivity index is 1.44. The van der Waals surface area contributed by atoms with E-state index in [0.29, 0.717) is 11.9 Å². The zero-order chi connectivity index (χ0) is 12.1. The number of amides is 1. The summed E-state index contributed by atoms with van der Waals surface area (Å²) < 4.78 is 0. The molecule has 1 unspecified atom stereocenters. The summed E-state index contributed by atoms with van der Waals surface area (Å²) in [5.74, 6) is 4.17. The predicted octanol–water partition coefficient (Wildman–Crippen LogP) is 1.54. The van der Waals surface area contributed by atoms with E-state index < -0.39 is 0 Å². The second kappa shape index (κ2) is 4.22. The minimum Gasteiger partial charge on any atom is -0.353 e. The maximum atomic E-state index is 12.3. The smallest absolute Gasteiger partial charge is 0.224 e. The molecule has 100 valence electrons. The van der Waals surface area contributed by atoms with Crippen LogP contribution in [0, 0.1) is 29.6 Å². The number of carbonyl (C=O) groups excluding carboxylic acids is 1. The largest absolute Gasteiger partial charge is 0.353 e. The van der Waals surface area contributed by atoms with Gasteiger partial charge in [0.2, 0.25) is 5.91 Å². The fourth-order valence-corrected chi connectivity index (χ4v) is 5.32. The van der Waals surface area contributed by atoms with E-state index in [1.54, 1.807) is 0 Å². The summed E-state index contributed by atoms with van der Waals surface area (Å²) in [6.07, 6.45) is 8.07. The maximum absolute atomic E-state index is 12.3. The van der Waals surface area contributed by atoms with Crippen LogP contribution in [-0.2, 0) is 4.79 Å². The SMILES string of the molecule is O=C(NC1C2CC3CC(C2)CC1C3)C1CCNC1. The lowest BCUT2D eigenvalue weighted by molar-refractivity contribution is -0.128. The van der Waals surface area contributed by atoms with Gasteiger partial charge in [-0.1, -0.05) is 0 Å². The van der Waals surface area contributed by atoms with Crippen LogP contribution < -0.4 is 10.6 Å². The monoisotopic (exact) mass is 248 g/mol. The maximum Gasteiger partial charge on any atom is 0.224 e. The van der Waals surface area contributed by atoms with Crippen LogP contribution in [0.2, 0.25) is 0 Å². The fraction of sp³-hybridized carbons (Fsp3) is 0.933. The third-order valence-electron chi connectivity index (χ3n) is 5.97. The van der Waals surface area contributed by atoms with Crippen LogP contribution in [0.5, 0.6) is 0 Å². The van der Waals surface area contributed by atoms with Crippen molar-refractivity contribution in [3.63, 3.8) is 0 Å². The molecule has 1 saturated heterocycles. The van der Waals surface area contributed by atoms with E-state index in [-0.39, 0.29) is 5.92 Å². The molecule has 3 nitrogen and oxygen atoms in total. The van der Waals surface area contributed by atoms with Crippen LogP contribution >= 0.6 is 0 Å². The van der Waals surface area contributed by atoms with Gasteiger partial charge in [-0.3, -0.25) is 4.79 Å². The third-order valence-corrected chi connectivity index (χ3v) is 5.97. The molecule has 5 fully saturated rings. The Morgan fingerprint density at radius 2 is 1.67 bits per heavy atom. The zero-order valence-corrected chi connectivity index (χ0v) is 11.0. The summed E-state index contributed by atoms with van der Waals surface area (Å²) in [6.45, 7) is 1.90. The molecule has 18 heavy (non-hydrogen) atoms. The molecule has 4 saturated carbocycles. The molecular weight excluding hydrogens is 224 g/mol. The molecule has 0 radical (unpaired) electrons. The van der Waals surface area contributed by atoms with Gasteiger partial charge >= 0.3 is 0 Å². The number of nitrogens with one attached hydrogen (secondary N) is 2. The molecule has 1 amide bonds. The predicted molar refractivity (Wildman–Crippen MR) is 70.0 cm³/mol. The topological polar surface area (TPSA) is 41.1 Å². The Kier molecular flexibility index (Phi) is 2.65. The van der Waals surface area contributed by atoms with Crippen molar-refractivity contribution in [2.45, 2.75) is 44.6 Å².